The number of fused-ring (bicyclic) bond motifs is 10. The number of nitrogens with one attached hydrogen (secondary N) is 2. The average Bonchev–Trinajstić information content (AvgIpc) is 1.21. The van der Waals surface area contributed by atoms with E-state index < -0.39 is 11.8 Å². The molecule has 0 saturated heterocycles. The van der Waals surface area contributed by atoms with Gasteiger partial charge in [-0.1, -0.05) is 222 Å². The predicted molar refractivity (Wildman–Crippen MR) is 538 cm³/mol. The number of imide groups is 1. The van der Waals surface area contributed by atoms with Crippen molar-refractivity contribution in [3.63, 3.8) is 0 Å². The van der Waals surface area contributed by atoms with Crippen molar-refractivity contribution in [1.29, 1.82) is 0 Å². The third-order valence-corrected chi connectivity index (χ3v) is 26.3. The van der Waals surface area contributed by atoms with E-state index in [2.05, 4.69) is 356 Å². The molecule has 10 heteroatoms. The molecule has 19 rings (SSSR count). The summed E-state index contributed by atoms with van der Waals surface area (Å²) < 4.78 is 21.6. The van der Waals surface area contributed by atoms with Crippen LogP contribution < -0.4 is 19.1 Å². The third kappa shape index (κ3) is 15.0. The highest BCUT2D eigenvalue weighted by Gasteiger charge is 2.41. The molecule has 3 aliphatic heterocycles. The SMILES string of the molecule is Cc1cc(C)c(-c2c3nc(c(-c4c(C)cc(C)cc4C)c4ccc([nH]4)c(-c4c(C)cc(C)cc4C)c4nc(c(-c5ccc(C#Cc6cc(C(C)C)c(N7C(=O)c8cc(Oc9ccc(C(C)(C)C)cc9)c9c%10cccc%11c(Oc%12ccc(C(C)(C)C)cc%12)ccc(c%12c(Oc%13ccc(C(C)(C)C)cc%13)cc(c8c9%12)C7=O)c%11%10)c(C(C)C)c6)cc5)c5ccc2[nH]5)C=C4)C=C3)c(C)c1. The van der Waals surface area contributed by atoms with Gasteiger partial charge in [0.05, 0.1) is 39.6 Å². The Morgan fingerprint density at radius 1 is 0.326 bits per heavy atom. The van der Waals surface area contributed by atoms with Crippen LogP contribution in [0.5, 0.6) is 34.5 Å². The Morgan fingerprint density at radius 3 is 1.04 bits per heavy atom. The van der Waals surface area contributed by atoms with Crippen LogP contribution in [0.3, 0.4) is 0 Å². The number of hydrogen-bond acceptors (Lipinski definition) is 7. The van der Waals surface area contributed by atoms with Crippen molar-refractivity contribution in [3.8, 4) is 90.8 Å². The van der Waals surface area contributed by atoms with Crippen LogP contribution in [0.25, 0.3) is 134 Å². The van der Waals surface area contributed by atoms with Gasteiger partial charge in [0.25, 0.3) is 11.8 Å². The summed E-state index contributed by atoms with van der Waals surface area (Å²) in [4.78, 5) is 54.4. The number of aromatic nitrogens is 4. The van der Waals surface area contributed by atoms with Crippen molar-refractivity contribution in [3.05, 3.63) is 335 Å². The Hall–Kier alpha value is -14.1. The summed E-state index contributed by atoms with van der Waals surface area (Å²) in [7, 11) is 0. The number of benzene rings is 13. The average molecular weight is 1690 g/mol. The van der Waals surface area contributed by atoms with Gasteiger partial charge >= 0.3 is 0 Å². The van der Waals surface area contributed by atoms with Crippen LogP contribution in [-0.4, -0.2) is 31.8 Å². The Bertz CT molecular complexity index is 7450. The lowest BCUT2D eigenvalue weighted by Crippen LogP contribution is -2.42. The molecule has 6 heterocycles. The third-order valence-electron chi connectivity index (χ3n) is 26.3. The quantitative estimate of drug-likeness (QED) is 0.0510. The van der Waals surface area contributed by atoms with Gasteiger partial charge in [0.1, 0.15) is 34.5 Å². The minimum absolute atomic E-state index is 0.0425. The van der Waals surface area contributed by atoms with Crippen molar-refractivity contribution < 1.29 is 23.8 Å². The summed E-state index contributed by atoms with van der Waals surface area (Å²) in [6.07, 6.45) is 8.72. The monoisotopic (exact) mass is 1690 g/mol. The number of amides is 2. The van der Waals surface area contributed by atoms with Gasteiger partial charge in [-0.25, -0.2) is 14.9 Å². The number of aromatic amines is 2. The van der Waals surface area contributed by atoms with Gasteiger partial charge in [-0.05, 0) is 318 Å². The van der Waals surface area contributed by atoms with Crippen molar-refractivity contribution >= 4 is 107 Å². The summed E-state index contributed by atoms with van der Waals surface area (Å²) in [5.41, 5.74) is 33.6. The molecule has 129 heavy (non-hydrogen) atoms. The molecular formula is C119H109N5O5. The van der Waals surface area contributed by atoms with Crippen LogP contribution in [-0.2, 0) is 16.2 Å². The number of anilines is 1. The molecule has 0 fully saturated rings. The second-order valence-electron chi connectivity index (χ2n) is 39.7. The van der Waals surface area contributed by atoms with Crippen molar-refractivity contribution in [2.75, 3.05) is 4.90 Å². The molecule has 0 saturated carbocycles. The Labute approximate surface area is 757 Å². The summed E-state index contributed by atoms with van der Waals surface area (Å²) in [6.45, 7) is 48.0. The van der Waals surface area contributed by atoms with E-state index in [4.69, 9.17) is 24.2 Å². The van der Waals surface area contributed by atoms with Gasteiger partial charge in [0.15, 0.2) is 0 Å². The molecule has 0 aliphatic carbocycles. The van der Waals surface area contributed by atoms with Crippen molar-refractivity contribution in [1.82, 2.24) is 19.9 Å². The highest BCUT2D eigenvalue weighted by atomic mass is 16.5. The Morgan fingerprint density at radius 2 is 0.667 bits per heavy atom. The zero-order valence-corrected chi connectivity index (χ0v) is 78.1. The lowest BCUT2D eigenvalue weighted by Gasteiger charge is -2.34. The van der Waals surface area contributed by atoms with Crippen molar-refractivity contribution in [2.24, 2.45) is 0 Å². The van der Waals surface area contributed by atoms with Gasteiger partial charge in [-0.15, -0.1) is 0 Å². The highest BCUT2D eigenvalue weighted by Crippen LogP contribution is 2.55. The first kappa shape index (κ1) is 84.4. The number of hydrogen-bond donors (Lipinski definition) is 2. The number of nitrogens with zero attached hydrogens (tertiary/aromatic N) is 3. The maximum absolute atomic E-state index is 16.7. The van der Waals surface area contributed by atoms with Crippen LogP contribution in [0.1, 0.15) is 234 Å². The van der Waals surface area contributed by atoms with E-state index in [0.717, 1.165) is 177 Å². The lowest BCUT2D eigenvalue weighted by atomic mass is 9.82. The molecule has 0 unspecified atom stereocenters. The number of ether oxygens (including phenoxy) is 3. The van der Waals surface area contributed by atoms with Crippen LogP contribution in [0.2, 0.25) is 0 Å². The van der Waals surface area contributed by atoms with Crippen LogP contribution in [0, 0.1) is 74.2 Å². The maximum Gasteiger partial charge on any atom is 0.266 e. The molecule has 10 nitrogen and oxygen atoms in total. The summed E-state index contributed by atoms with van der Waals surface area (Å²) in [6, 6.07) is 74.0. The lowest BCUT2D eigenvalue weighted by molar-refractivity contribution is 0.0892. The van der Waals surface area contributed by atoms with Gasteiger partial charge in [-0.2, -0.15) is 0 Å². The maximum atomic E-state index is 16.7. The molecule has 640 valence electrons. The van der Waals surface area contributed by atoms with Crippen molar-refractivity contribution in [2.45, 2.75) is 180 Å². The summed E-state index contributed by atoms with van der Waals surface area (Å²) in [5, 5.41) is 6.19. The molecule has 2 amide bonds. The molecule has 8 bridgehead atoms. The van der Waals surface area contributed by atoms with Gasteiger partial charge in [-0.3, -0.25) is 9.59 Å². The fourth-order valence-corrected chi connectivity index (χ4v) is 20.3. The molecule has 2 N–H and O–H groups in total. The molecule has 0 spiro atoms. The normalized spacial score (nSPS) is 12.9. The van der Waals surface area contributed by atoms with E-state index in [-0.39, 0.29) is 28.1 Å². The highest BCUT2D eigenvalue weighted by molar-refractivity contribution is 6.44. The van der Waals surface area contributed by atoms with Gasteiger partial charge in [0.2, 0.25) is 0 Å². The summed E-state index contributed by atoms with van der Waals surface area (Å²) in [5.74, 6) is 9.39. The minimum atomic E-state index is -0.462. The van der Waals surface area contributed by atoms with Gasteiger partial charge < -0.3 is 24.2 Å². The first-order valence-electron chi connectivity index (χ1n) is 45.2. The topological polar surface area (TPSA) is 122 Å². The molecule has 3 aromatic heterocycles. The fraction of sp³-hybridized carbons (Fsp3) is 0.227. The van der Waals surface area contributed by atoms with Crippen LogP contribution >= 0.6 is 0 Å². The molecule has 3 aliphatic rings. The van der Waals surface area contributed by atoms with Gasteiger partial charge in [0, 0.05) is 87.8 Å². The molecule has 16 aromatic rings. The fourth-order valence-electron chi connectivity index (χ4n) is 20.3. The first-order chi connectivity index (χ1) is 61.5. The van der Waals surface area contributed by atoms with E-state index in [1.165, 1.54) is 38.3 Å². The summed E-state index contributed by atoms with van der Waals surface area (Å²) >= 11 is 0. The standard InChI is InChI=1S/C119H109N5O5/c1-64(2)87-60-76(27-26-75-28-30-77(31-29-75)105-91-45-47-93(120-91)110(102-69(8)54-66(5)55-70(102)9)95-49-51-97(122-95)112(104-73(12)58-68(7)59-74(104)13)98-52-50-96(123-98)111(94-48-46-92(105)121-94)103-71(10)56-67(6)57-72(103)11)61-88(65(3)4)114(87)124-115(125)89-62-100(128-82-40-34-79(35-41-82)118(17,18)19)108-85-25-23-24-84-99(127-81-38-32-78(33-39-81)117(14,15)16)53-44-86(106(84)85)109-101(63-90(116(124)126)107(89)113(108)109)129-83-42-36-80(37-43-83)119(20,21)22/h23-25,28-65,120,123H,1-22H3. The Balaban J connectivity index is 0.766. The zero-order chi connectivity index (χ0) is 90.6. The Kier molecular flexibility index (Phi) is 20.7. The molecule has 0 radical (unpaired) electrons. The largest absolute Gasteiger partial charge is 0.457 e. The number of H-pyrrole nitrogens is 2. The first-order valence-corrected chi connectivity index (χ1v) is 45.2. The second-order valence-corrected chi connectivity index (χ2v) is 39.7. The zero-order valence-electron chi connectivity index (χ0n) is 78.1. The second kappa shape index (κ2) is 31.7. The number of carbonyl (C=O) groups is 2. The molecule has 0 atom stereocenters. The molecular weight excluding hydrogens is 1580 g/mol. The predicted octanol–water partition coefficient (Wildman–Crippen LogP) is 31.9. The van der Waals surface area contributed by atoms with E-state index in [1.54, 1.807) is 0 Å². The van der Waals surface area contributed by atoms with E-state index >= 15 is 9.59 Å². The number of aryl methyl sites for hydroxylation is 9. The van der Waals surface area contributed by atoms with E-state index in [1.807, 2.05) is 54.6 Å². The van der Waals surface area contributed by atoms with Crippen LogP contribution in [0.15, 0.2) is 212 Å². The minimum Gasteiger partial charge on any atom is -0.457 e. The number of carbonyl (C=O) groups excluding carboxylic acids is 2. The number of rotatable bonds is 13. The smallest absolute Gasteiger partial charge is 0.266 e. The molecule has 13 aromatic carbocycles. The van der Waals surface area contributed by atoms with E-state index in [0.29, 0.717) is 62.1 Å². The van der Waals surface area contributed by atoms with E-state index in [9.17, 15) is 0 Å². The van der Waals surface area contributed by atoms with Crippen LogP contribution in [0.4, 0.5) is 5.69 Å².